The molecule has 0 spiro atoms. The molecule has 1 aliphatic heterocycles. The first-order chi connectivity index (χ1) is 12.6. The first kappa shape index (κ1) is 19.0. The van der Waals surface area contributed by atoms with E-state index in [4.69, 9.17) is 9.15 Å². The third-order valence-corrected chi connectivity index (χ3v) is 4.97. The molecule has 0 bridgehead atoms. The van der Waals surface area contributed by atoms with Crippen molar-refractivity contribution < 1.29 is 13.9 Å². The average Bonchev–Trinajstić information content (AvgIpc) is 3.11. The molecule has 1 aromatic carbocycles. The third-order valence-electron chi connectivity index (χ3n) is 4.44. The Labute approximate surface area is 162 Å². The molecule has 1 unspecified atom stereocenters. The van der Waals surface area contributed by atoms with Gasteiger partial charge in [0.25, 0.3) is 5.91 Å². The normalized spacial score (nSPS) is 16.2. The van der Waals surface area contributed by atoms with E-state index in [9.17, 15) is 4.79 Å². The van der Waals surface area contributed by atoms with Gasteiger partial charge in [-0.05, 0) is 69.3 Å². The van der Waals surface area contributed by atoms with Gasteiger partial charge in [-0.25, -0.2) is 0 Å². The summed E-state index contributed by atoms with van der Waals surface area (Å²) in [7, 11) is 0. The third kappa shape index (κ3) is 5.61. The first-order valence-corrected chi connectivity index (χ1v) is 9.90. The molecule has 0 aliphatic carbocycles. The highest BCUT2D eigenvalue weighted by atomic mass is 79.9. The second-order valence-corrected chi connectivity index (χ2v) is 7.66. The number of nitrogens with one attached hydrogen (secondary N) is 1. The van der Waals surface area contributed by atoms with Crippen LogP contribution < -0.4 is 10.1 Å². The zero-order chi connectivity index (χ0) is 18.4. The largest absolute Gasteiger partial charge is 0.486 e. The Morgan fingerprint density at radius 1 is 1.19 bits per heavy atom. The molecule has 1 saturated heterocycles. The SMILES string of the molecule is CC(CN1CCCCC1)NC(=O)c1ccc(COc2ccc(Br)cc2)o1. The van der Waals surface area contributed by atoms with Gasteiger partial charge in [0.1, 0.15) is 18.1 Å². The maximum atomic E-state index is 12.4. The number of likely N-dealkylation sites (tertiary alicyclic amines) is 1. The molecule has 1 aromatic heterocycles. The summed E-state index contributed by atoms with van der Waals surface area (Å²) in [6.07, 6.45) is 3.82. The Kier molecular flexibility index (Phi) is 6.74. The average molecular weight is 421 g/mol. The van der Waals surface area contributed by atoms with Gasteiger partial charge in [-0.3, -0.25) is 4.79 Å². The molecule has 6 heteroatoms. The molecule has 3 rings (SSSR count). The smallest absolute Gasteiger partial charge is 0.287 e. The molecule has 1 fully saturated rings. The Balaban J connectivity index is 1.46. The van der Waals surface area contributed by atoms with Crippen molar-refractivity contribution in [3.05, 3.63) is 52.4 Å². The molecule has 2 heterocycles. The molecule has 5 nitrogen and oxygen atoms in total. The second kappa shape index (κ2) is 9.24. The van der Waals surface area contributed by atoms with E-state index in [0.717, 1.165) is 29.9 Å². The maximum absolute atomic E-state index is 12.4. The van der Waals surface area contributed by atoms with Crippen molar-refractivity contribution in [1.29, 1.82) is 0 Å². The molecule has 140 valence electrons. The number of halogens is 1. The quantitative estimate of drug-likeness (QED) is 0.727. The number of hydrogen-bond donors (Lipinski definition) is 1. The summed E-state index contributed by atoms with van der Waals surface area (Å²) in [5, 5.41) is 3.02. The minimum Gasteiger partial charge on any atom is -0.486 e. The fraction of sp³-hybridized carbons (Fsp3) is 0.450. The van der Waals surface area contributed by atoms with Crippen molar-refractivity contribution in [1.82, 2.24) is 10.2 Å². The Morgan fingerprint density at radius 3 is 2.65 bits per heavy atom. The second-order valence-electron chi connectivity index (χ2n) is 6.74. The number of amides is 1. The molecule has 0 radical (unpaired) electrons. The van der Waals surface area contributed by atoms with Gasteiger partial charge < -0.3 is 19.4 Å². The summed E-state index contributed by atoms with van der Waals surface area (Å²) < 4.78 is 12.3. The minimum atomic E-state index is -0.176. The van der Waals surface area contributed by atoms with Crippen LogP contribution in [-0.4, -0.2) is 36.5 Å². The van der Waals surface area contributed by atoms with Gasteiger partial charge in [0.2, 0.25) is 0 Å². The van der Waals surface area contributed by atoms with E-state index in [1.165, 1.54) is 19.3 Å². The van der Waals surface area contributed by atoms with E-state index in [2.05, 4.69) is 26.1 Å². The van der Waals surface area contributed by atoms with E-state index in [1.54, 1.807) is 12.1 Å². The standard InChI is InChI=1S/C20H25BrN2O3/c1-15(13-23-11-3-2-4-12-23)22-20(24)19-10-9-18(26-19)14-25-17-7-5-16(21)6-8-17/h5-10,15H,2-4,11-14H2,1H3,(H,22,24). The van der Waals surface area contributed by atoms with Gasteiger partial charge in [0.15, 0.2) is 5.76 Å². The highest BCUT2D eigenvalue weighted by Crippen LogP contribution is 2.18. The molecular weight excluding hydrogens is 396 g/mol. The number of benzene rings is 1. The maximum Gasteiger partial charge on any atom is 0.287 e. The monoisotopic (exact) mass is 420 g/mol. The lowest BCUT2D eigenvalue weighted by Gasteiger charge is -2.29. The summed E-state index contributed by atoms with van der Waals surface area (Å²) >= 11 is 3.39. The van der Waals surface area contributed by atoms with E-state index in [0.29, 0.717) is 11.5 Å². The fourth-order valence-corrected chi connectivity index (χ4v) is 3.40. The van der Waals surface area contributed by atoms with E-state index in [1.807, 2.05) is 31.2 Å². The van der Waals surface area contributed by atoms with E-state index < -0.39 is 0 Å². The number of hydrogen-bond acceptors (Lipinski definition) is 4. The number of nitrogens with zero attached hydrogens (tertiary/aromatic N) is 1. The summed E-state index contributed by atoms with van der Waals surface area (Å²) in [6, 6.07) is 11.2. The number of carbonyl (C=O) groups excluding carboxylic acids is 1. The van der Waals surface area contributed by atoms with Crippen LogP contribution in [0.4, 0.5) is 0 Å². The summed E-state index contributed by atoms with van der Waals surface area (Å²) in [5.41, 5.74) is 0. The van der Waals surface area contributed by atoms with Gasteiger partial charge in [-0.1, -0.05) is 22.4 Å². The predicted molar refractivity (Wildman–Crippen MR) is 104 cm³/mol. The lowest BCUT2D eigenvalue weighted by Crippen LogP contribution is -2.43. The lowest BCUT2D eigenvalue weighted by atomic mass is 10.1. The Morgan fingerprint density at radius 2 is 1.92 bits per heavy atom. The van der Waals surface area contributed by atoms with E-state index >= 15 is 0 Å². The van der Waals surface area contributed by atoms with Gasteiger partial charge in [-0.2, -0.15) is 0 Å². The molecule has 1 aliphatic rings. The number of furan rings is 1. The zero-order valence-electron chi connectivity index (χ0n) is 15.0. The van der Waals surface area contributed by atoms with Crippen molar-refractivity contribution in [3.63, 3.8) is 0 Å². The number of ether oxygens (including phenoxy) is 1. The predicted octanol–water partition coefficient (Wildman–Crippen LogP) is 4.23. The van der Waals surface area contributed by atoms with Crippen LogP contribution in [0, 0.1) is 0 Å². The van der Waals surface area contributed by atoms with Crippen molar-refractivity contribution in [2.75, 3.05) is 19.6 Å². The zero-order valence-corrected chi connectivity index (χ0v) is 16.6. The van der Waals surface area contributed by atoms with Crippen LogP contribution in [0.25, 0.3) is 0 Å². The highest BCUT2D eigenvalue weighted by molar-refractivity contribution is 9.10. The summed E-state index contributed by atoms with van der Waals surface area (Å²) in [4.78, 5) is 14.8. The molecule has 2 aromatic rings. The molecule has 1 N–H and O–H groups in total. The molecule has 1 atom stereocenters. The lowest BCUT2D eigenvalue weighted by molar-refractivity contribution is 0.0893. The first-order valence-electron chi connectivity index (χ1n) is 9.10. The van der Waals surface area contributed by atoms with Crippen LogP contribution in [-0.2, 0) is 6.61 Å². The molecular formula is C20H25BrN2O3. The molecule has 26 heavy (non-hydrogen) atoms. The number of carbonyl (C=O) groups is 1. The van der Waals surface area contributed by atoms with Crippen molar-refractivity contribution >= 4 is 21.8 Å². The minimum absolute atomic E-state index is 0.0909. The van der Waals surface area contributed by atoms with Crippen molar-refractivity contribution in [3.8, 4) is 5.75 Å². The van der Waals surface area contributed by atoms with Crippen LogP contribution >= 0.6 is 15.9 Å². The number of rotatable bonds is 7. The van der Waals surface area contributed by atoms with Crippen LogP contribution in [0.2, 0.25) is 0 Å². The molecule has 1 amide bonds. The highest BCUT2D eigenvalue weighted by Gasteiger charge is 2.17. The van der Waals surface area contributed by atoms with Crippen LogP contribution in [0.1, 0.15) is 42.5 Å². The summed E-state index contributed by atoms with van der Waals surface area (Å²) in [5.74, 6) is 1.53. The Bertz CT molecular complexity index is 708. The van der Waals surface area contributed by atoms with Crippen LogP contribution in [0.5, 0.6) is 5.75 Å². The van der Waals surface area contributed by atoms with Crippen molar-refractivity contribution in [2.24, 2.45) is 0 Å². The van der Waals surface area contributed by atoms with Gasteiger partial charge >= 0.3 is 0 Å². The van der Waals surface area contributed by atoms with Gasteiger partial charge in [0.05, 0.1) is 0 Å². The Hall–Kier alpha value is -1.79. The topological polar surface area (TPSA) is 54.7 Å². The fourth-order valence-electron chi connectivity index (χ4n) is 3.13. The van der Waals surface area contributed by atoms with Gasteiger partial charge in [-0.15, -0.1) is 0 Å². The van der Waals surface area contributed by atoms with Gasteiger partial charge in [0, 0.05) is 17.1 Å². The summed E-state index contributed by atoms with van der Waals surface area (Å²) in [6.45, 7) is 5.45. The number of piperidine rings is 1. The van der Waals surface area contributed by atoms with Crippen LogP contribution in [0.3, 0.4) is 0 Å². The van der Waals surface area contributed by atoms with E-state index in [-0.39, 0.29) is 18.6 Å². The molecule has 0 saturated carbocycles. The van der Waals surface area contributed by atoms with Crippen molar-refractivity contribution in [2.45, 2.75) is 38.8 Å². The van der Waals surface area contributed by atoms with Crippen LogP contribution in [0.15, 0.2) is 45.3 Å².